The molecule has 0 aliphatic heterocycles. The monoisotopic (exact) mass is 673 g/mol. The molecule has 5 heteroatoms. The fourth-order valence-electron chi connectivity index (χ4n) is 12.2. The number of benzene rings is 2. The summed E-state index contributed by atoms with van der Waals surface area (Å²) in [6, 6.07) is 19.0. The summed E-state index contributed by atoms with van der Waals surface area (Å²) in [4.78, 5) is 5.42. The van der Waals surface area contributed by atoms with Crippen molar-refractivity contribution in [3.05, 3.63) is 65.9 Å². The minimum Gasteiger partial charge on any atom is -0.497 e. The smallest absolute Gasteiger partial charge is 0.156 e. The van der Waals surface area contributed by atoms with E-state index in [-0.39, 0.29) is 5.41 Å². The first-order valence-corrected chi connectivity index (χ1v) is 19.8. The Hall–Kier alpha value is -3.34. The van der Waals surface area contributed by atoms with Crippen molar-refractivity contribution < 1.29 is 9.47 Å². The van der Waals surface area contributed by atoms with Gasteiger partial charge in [0.2, 0.25) is 0 Å². The SMILES string of the molecule is COc1ccc(-c2cc3nc4c(c(-c5ccc(OC)cc5)n3n2)C[C@]2(C)C3CC[C@]5(C)[C@@H]([C@H](C)CCCC(C)C)CC[C@H]5[C@H]3CC[C@H]2C4)cc1. The average Bonchev–Trinajstić information content (AvgIpc) is 3.70. The Morgan fingerprint density at radius 1 is 0.800 bits per heavy atom. The van der Waals surface area contributed by atoms with Crippen molar-refractivity contribution in [3.63, 3.8) is 0 Å². The summed E-state index contributed by atoms with van der Waals surface area (Å²) < 4.78 is 13.2. The van der Waals surface area contributed by atoms with Gasteiger partial charge in [-0.25, -0.2) is 9.50 Å². The fourth-order valence-corrected chi connectivity index (χ4v) is 12.2. The standard InChI is InChI=1S/C45H59N3O2/c1-28(2)9-8-10-29(3)37-21-22-38-35-20-15-32-25-41-36(27-45(32,5)39(35)23-24-44(37,38)4)43(31-13-18-34(50-7)19-14-31)48-42(46-41)26-40(47-48)30-11-16-33(49-6)17-12-30/h11-14,16-19,26,28-29,32,35,37-39H,8-10,15,20-25,27H2,1-7H3/t29-,32+,35-,37-,38+,39?,44-,45+/m1/s1. The van der Waals surface area contributed by atoms with Crippen LogP contribution in [0, 0.1) is 52.3 Å². The molecule has 3 saturated carbocycles. The van der Waals surface area contributed by atoms with Gasteiger partial charge in [-0.05, 0) is 152 Å². The first kappa shape index (κ1) is 33.8. The van der Waals surface area contributed by atoms with Crippen molar-refractivity contribution in [2.75, 3.05) is 14.2 Å². The van der Waals surface area contributed by atoms with Crippen LogP contribution in [0.25, 0.3) is 28.2 Å². The molecule has 2 aromatic heterocycles. The van der Waals surface area contributed by atoms with E-state index < -0.39 is 0 Å². The minimum atomic E-state index is 0.279. The third kappa shape index (κ3) is 5.57. The molecule has 8 rings (SSSR count). The first-order valence-electron chi connectivity index (χ1n) is 19.8. The van der Waals surface area contributed by atoms with E-state index >= 15 is 0 Å². The lowest BCUT2D eigenvalue weighted by molar-refractivity contribution is -0.103. The van der Waals surface area contributed by atoms with Crippen molar-refractivity contribution in [2.45, 2.75) is 105 Å². The van der Waals surface area contributed by atoms with Crippen LogP contribution < -0.4 is 9.47 Å². The second kappa shape index (κ2) is 13.0. The van der Waals surface area contributed by atoms with E-state index in [0.29, 0.717) is 11.3 Å². The highest BCUT2D eigenvalue weighted by atomic mass is 16.5. The van der Waals surface area contributed by atoms with Crippen LogP contribution in [0.5, 0.6) is 11.5 Å². The zero-order valence-corrected chi connectivity index (χ0v) is 31.7. The maximum Gasteiger partial charge on any atom is 0.156 e. The Labute approximate surface area is 300 Å². The van der Waals surface area contributed by atoms with Crippen molar-refractivity contribution in [1.29, 1.82) is 0 Å². The summed E-state index contributed by atoms with van der Waals surface area (Å²) in [6.45, 7) is 12.8. The Kier molecular flexibility index (Phi) is 8.79. The second-order valence-electron chi connectivity index (χ2n) is 17.7. The highest BCUT2D eigenvalue weighted by Gasteiger charge is 2.60. The van der Waals surface area contributed by atoms with E-state index in [1.165, 1.54) is 80.3 Å². The zero-order chi connectivity index (χ0) is 34.8. The van der Waals surface area contributed by atoms with Crippen LogP contribution in [0.1, 0.15) is 104 Å². The predicted molar refractivity (Wildman–Crippen MR) is 204 cm³/mol. The van der Waals surface area contributed by atoms with Crippen LogP contribution in [0.4, 0.5) is 0 Å². The van der Waals surface area contributed by atoms with Crippen LogP contribution in [0.2, 0.25) is 0 Å². The molecule has 5 nitrogen and oxygen atoms in total. The molecule has 0 bridgehead atoms. The van der Waals surface area contributed by atoms with E-state index in [4.69, 9.17) is 19.6 Å². The Bertz CT molecular complexity index is 1830. The lowest BCUT2D eigenvalue weighted by Crippen LogP contribution is -2.54. The van der Waals surface area contributed by atoms with Gasteiger partial charge in [0.05, 0.1) is 25.6 Å². The zero-order valence-electron chi connectivity index (χ0n) is 31.7. The maximum atomic E-state index is 5.58. The molecule has 8 atom stereocenters. The molecule has 266 valence electrons. The van der Waals surface area contributed by atoms with Gasteiger partial charge >= 0.3 is 0 Å². The Balaban J connectivity index is 1.15. The van der Waals surface area contributed by atoms with Crippen molar-refractivity contribution in [1.82, 2.24) is 14.6 Å². The maximum absolute atomic E-state index is 5.58. The van der Waals surface area contributed by atoms with Gasteiger partial charge in [0.25, 0.3) is 0 Å². The number of ether oxygens (including phenoxy) is 2. The summed E-state index contributed by atoms with van der Waals surface area (Å²) in [5.41, 5.74) is 8.87. The molecule has 4 aromatic rings. The van der Waals surface area contributed by atoms with E-state index in [9.17, 15) is 0 Å². The molecular weight excluding hydrogens is 615 g/mol. The van der Waals surface area contributed by atoms with Crippen LogP contribution in [-0.4, -0.2) is 28.8 Å². The van der Waals surface area contributed by atoms with Crippen molar-refractivity contribution >= 4 is 5.65 Å². The molecule has 2 aromatic carbocycles. The third-order valence-electron chi connectivity index (χ3n) is 14.8. The quantitative estimate of drug-likeness (QED) is 0.177. The Morgan fingerprint density at radius 3 is 2.16 bits per heavy atom. The molecule has 1 unspecified atom stereocenters. The number of fused-ring (bicyclic) bond motifs is 7. The van der Waals surface area contributed by atoms with Crippen molar-refractivity contribution in [3.8, 4) is 34.0 Å². The summed E-state index contributed by atoms with van der Waals surface area (Å²) in [5.74, 6) is 7.53. The molecule has 3 fully saturated rings. The lowest BCUT2D eigenvalue weighted by Gasteiger charge is -2.60. The van der Waals surface area contributed by atoms with Gasteiger partial charge in [-0.2, -0.15) is 5.10 Å². The number of rotatable bonds is 9. The largest absolute Gasteiger partial charge is 0.497 e. The van der Waals surface area contributed by atoms with Gasteiger partial charge in [0, 0.05) is 28.5 Å². The van der Waals surface area contributed by atoms with E-state index in [1.807, 2.05) is 12.1 Å². The second-order valence-corrected chi connectivity index (χ2v) is 17.7. The van der Waals surface area contributed by atoms with Gasteiger partial charge in [0.15, 0.2) is 5.65 Å². The van der Waals surface area contributed by atoms with Gasteiger partial charge in [-0.3, -0.25) is 0 Å². The lowest BCUT2D eigenvalue weighted by atomic mass is 9.44. The fraction of sp³-hybridized carbons (Fsp3) is 0.600. The molecule has 2 heterocycles. The number of hydrogen-bond acceptors (Lipinski definition) is 4. The molecule has 4 aliphatic rings. The number of aromatic nitrogens is 3. The van der Waals surface area contributed by atoms with Crippen LogP contribution in [0.3, 0.4) is 0 Å². The molecule has 0 spiro atoms. The summed E-state index contributed by atoms with van der Waals surface area (Å²) in [7, 11) is 3.45. The number of methoxy groups -OCH3 is 2. The van der Waals surface area contributed by atoms with Crippen molar-refractivity contribution in [2.24, 2.45) is 52.3 Å². The first-order chi connectivity index (χ1) is 24.1. The number of nitrogens with zero attached hydrogens (tertiary/aromatic N) is 3. The number of hydrogen-bond donors (Lipinski definition) is 0. The third-order valence-corrected chi connectivity index (χ3v) is 14.8. The Morgan fingerprint density at radius 2 is 1.48 bits per heavy atom. The van der Waals surface area contributed by atoms with Gasteiger partial charge in [-0.1, -0.05) is 53.9 Å². The molecule has 0 saturated heterocycles. The normalized spacial score (nSPS) is 30.8. The average molecular weight is 674 g/mol. The predicted octanol–water partition coefficient (Wildman–Crippen LogP) is 11.1. The molecule has 0 radical (unpaired) electrons. The molecule has 50 heavy (non-hydrogen) atoms. The molecule has 0 N–H and O–H groups in total. The van der Waals surface area contributed by atoms with Crippen LogP contribution >= 0.6 is 0 Å². The summed E-state index contributed by atoms with van der Waals surface area (Å²) >= 11 is 0. The van der Waals surface area contributed by atoms with Crippen LogP contribution in [0.15, 0.2) is 54.6 Å². The van der Waals surface area contributed by atoms with Gasteiger partial charge < -0.3 is 9.47 Å². The van der Waals surface area contributed by atoms with Crippen LogP contribution in [-0.2, 0) is 12.8 Å². The highest BCUT2D eigenvalue weighted by Crippen LogP contribution is 2.68. The van der Waals surface area contributed by atoms with Gasteiger partial charge in [-0.15, -0.1) is 0 Å². The molecular formula is C45H59N3O2. The van der Waals surface area contributed by atoms with Gasteiger partial charge in [0.1, 0.15) is 11.5 Å². The summed E-state index contributed by atoms with van der Waals surface area (Å²) in [5, 5.41) is 5.26. The molecule has 0 amide bonds. The topological polar surface area (TPSA) is 48.7 Å². The van der Waals surface area contributed by atoms with E-state index in [2.05, 4.69) is 81.6 Å². The minimum absolute atomic E-state index is 0.279. The van der Waals surface area contributed by atoms with E-state index in [0.717, 1.165) is 76.8 Å². The van der Waals surface area contributed by atoms with E-state index in [1.54, 1.807) is 14.2 Å². The summed E-state index contributed by atoms with van der Waals surface area (Å²) in [6.07, 6.45) is 14.8. The highest BCUT2D eigenvalue weighted by molar-refractivity contribution is 5.72. The molecule has 4 aliphatic carbocycles.